The lowest BCUT2D eigenvalue weighted by Gasteiger charge is -2.24. The lowest BCUT2D eigenvalue weighted by Crippen LogP contribution is -2.30. The minimum atomic E-state index is -0.359. The maximum atomic E-state index is 13.2. The molecule has 3 aromatic rings. The van der Waals surface area contributed by atoms with Crippen molar-refractivity contribution in [1.82, 2.24) is 9.97 Å². The number of pyridine rings is 2. The molecule has 4 rings (SSSR count). The number of nitrogens with zero attached hydrogens (tertiary/aromatic N) is 3. The fourth-order valence-electron chi connectivity index (χ4n) is 3.73. The van der Waals surface area contributed by atoms with E-state index in [1.54, 1.807) is 23.1 Å². The smallest absolute Gasteiger partial charge is 0.260 e. The maximum absolute atomic E-state index is 13.2. The second kappa shape index (κ2) is 7.91. The van der Waals surface area contributed by atoms with E-state index in [1.165, 1.54) is 0 Å². The summed E-state index contributed by atoms with van der Waals surface area (Å²) in [5.74, 6) is 0.956. The molecular weight excluding hydrogens is 386 g/mol. The quantitative estimate of drug-likeness (QED) is 0.514. The van der Waals surface area contributed by atoms with Crippen molar-refractivity contribution < 1.29 is 9.59 Å². The SMILES string of the molecule is CC(C)CCC(=O)C[C@H]1c2ccccc2C(=O)N1c1ccc2ccc(Cl)nc2n1. The summed E-state index contributed by atoms with van der Waals surface area (Å²) in [4.78, 5) is 36.3. The molecule has 148 valence electrons. The van der Waals surface area contributed by atoms with Gasteiger partial charge in [0.1, 0.15) is 16.8 Å². The molecule has 3 heterocycles. The molecule has 0 aliphatic carbocycles. The van der Waals surface area contributed by atoms with Gasteiger partial charge in [0.05, 0.1) is 6.04 Å². The van der Waals surface area contributed by atoms with E-state index in [1.807, 2.05) is 30.3 Å². The van der Waals surface area contributed by atoms with Crippen molar-refractivity contribution >= 4 is 40.1 Å². The van der Waals surface area contributed by atoms with Crippen molar-refractivity contribution in [3.8, 4) is 0 Å². The molecule has 0 saturated carbocycles. The van der Waals surface area contributed by atoms with Gasteiger partial charge in [0.2, 0.25) is 0 Å². The van der Waals surface area contributed by atoms with Crippen LogP contribution in [0, 0.1) is 5.92 Å². The number of carbonyl (C=O) groups is 2. The number of aromatic nitrogens is 2. The zero-order chi connectivity index (χ0) is 20.5. The first kappa shape index (κ1) is 19.5. The number of hydrogen-bond donors (Lipinski definition) is 0. The minimum absolute atomic E-state index is 0.142. The molecule has 1 atom stereocenters. The summed E-state index contributed by atoms with van der Waals surface area (Å²) in [5.41, 5.74) is 1.97. The van der Waals surface area contributed by atoms with Gasteiger partial charge in [-0.25, -0.2) is 9.97 Å². The fourth-order valence-corrected chi connectivity index (χ4v) is 3.87. The Morgan fingerprint density at radius 1 is 1.10 bits per heavy atom. The molecule has 0 fully saturated rings. The van der Waals surface area contributed by atoms with Crippen LogP contribution >= 0.6 is 11.6 Å². The van der Waals surface area contributed by atoms with E-state index in [0.29, 0.717) is 34.5 Å². The summed E-state index contributed by atoms with van der Waals surface area (Å²) >= 11 is 6.01. The molecule has 2 aromatic heterocycles. The number of amides is 1. The van der Waals surface area contributed by atoms with Crippen LogP contribution in [0.15, 0.2) is 48.5 Å². The molecule has 0 saturated heterocycles. The molecule has 1 aliphatic rings. The summed E-state index contributed by atoms with van der Waals surface area (Å²) in [6.45, 7) is 4.20. The number of rotatable bonds is 6. The van der Waals surface area contributed by atoms with Gasteiger partial charge in [-0.05, 0) is 48.2 Å². The van der Waals surface area contributed by atoms with Gasteiger partial charge in [0.15, 0.2) is 5.65 Å². The van der Waals surface area contributed by atoms with Crippen molar-refractivity contribution in [3.63, 3.8) is 0 Å². The summed E-state index contributed by atoms with van der Waals surface area (Å²) in [6, 6.07) is 14.3. The van der Waals surface area contributed by atoms with Crippen LogP contribution in [0.2, 0.25) is 5.15 Å². The van der Waals surface area contributed by atoms with Gasteiger partial charge in [-0.3, -0.25) is 14.5 Å². The van der Waals surface area contributed by atoms with Gasteiger partial charge in [-0.2, -0.15) is 0 Å². The van der Waals surface area contributed by atoms with Gasteiger partial charge in [-0.15, -0.1) is 0 Å². The van der Waals surface area contributed by atoms with Crippen LogP contribution < -0.4 is 4.90 Å². The van der Waals surface area contributed by atoms with E-state index in [2.05, 4.69) is 23.8 Å². The summed E-state index contributed by atoms with van der Waals surface area (Å²) < 4.78 is 0. The molecule has 29 heavy (non-hydrogen) atoms. The molecule has 1 aliphatic heterocycles. The number of Topliss-reactive ketones (excluding diaryl/α,β-unsaturated/α-hetero) is 1. The van der Waals surface area contributed by atoms with Crippen LogP contribution in [0.1, 0.15) is 55.1 Å². The van der Waals surface area contributed by atoms with Crippen LogP contribution in [0.4, 0.5) is 5.82 Å². The predicted molar refractivity (Wildman–Crippen MR) is 114 cm³/mol. The fraction of sp³-hybridized carbons (Fsp3) is 0.304. The van der Waals surface area contributed by atoms with Crippen LogP contribution in [0.3, 0.4) is 0 Å². The number of carbonyl (C=O) groups excluding carboxylic acids is 2. The molecule has 5 nitrogen and oxygen atoms in total. The molecule has 0 N–H and O–H groups in total. The maximum Gasteiger partial charge on any atom is 0.260 e. The highest BCUT2D eigenvalue weighted by molar-refractivity contribution is 6.29. The minimum Gasteiger partial charge on any atom is -0.300 e. The Balaban J connectivity index is 1.72. The lowest BCUT2D eigenvalue weighted by molar-refractivity contribution is -0.119. The Morgan fingerprint density at radius 2 is 1.86 bits per heavy atom. The Hall–Kier alpha value is -2.79. The molecule has 0 bridgehead atoms. The summed E-state index contributed by atoms with van der Waals surface area (Å²) in [6.07, 6.45) is 1.64. The summed E-state index contributed by atoms with van der Waals surface area (Å²) in [5, 5.41) is 1.19. The van der Waals surface area contributed by atoms with E-state index in [0.717, 1.165) is 17.4 Å². The van der Waals surface area contributed by atoms with E-state index in [9.17, 15) is 9.59 Å². The molecule has 6 heteroatoms. The van der Waals surface area contributed by atoms with Crippen molar-refractivity contribution in [2.24, 2.45) is 5.92 Å². The lowest BCUT2D eigenvalue weighted by atomic mass is 9.97. The van der Waals surface area contributed by atoms with Gasteiger partial charge < -0.3 is 0 Å². The summed E-state index contributed by atoms with van der Waals surface area (Å²) in [7, 11) is 0. The number of fused-ring (bicyclic) bond motifs is 2. The van der Waals surface area contributed by atoms with Crippen molar-refractivity contribution in [3.05, 3.63) is 64.8 Å². The van der Waals surface area contributed by atoms with Crippen LogP contribution in [0.25, 0.3) is 11.0 Å². The van der Waals surface area contributed by atoms with E-state index in [4.69, 9.17) is 11.6 Å². The highest BCUT2D eigenvalue weighted by atomic mass is 35.5. The van der Waals surface area contributed by atoms with Crippen molar-refractivity contribution in [2.75, 3.05) is 4.90 Å². The van der Waals surface area contributed by atoms with E-state index in [-0.39, 0.29) is 24.2 Å². The third-order valence-corrected chi connectivity index (χ3v) is 5.46. The van der Waals surface area contributed by atoms with Gasteiger partial charge in [0.25, 0.3) is 5.91 Å². The van der Waals surface area contributed by atoms with Gasteiger partial charge in [-0.1, -0.05) is 43.6 Å². The Labute approximate surface area is 174 Å². The standard InChI is InChI=1S/C23H22ClN3O2/c1-14(2)7-10-16(28)13-19-17-5-3-4-6-18(17)23(29)27(19)21-12-9-15-8-11-20(24)25-22(15)26-21/h3-6,8-9,11-12,14,19H,7,10,13H2,1-2H3/t19-/m0/s1. The first-order valence-corrected chi connectivity index (χ1v) is 10.2. The van der Waals surface area contributed by atoms with Crippen LogP contribution in [-0.2, 0) is 4.79 Å². The second-order valence-electron chi connectivity index (χ2n) is 7.80. The third-order valence-electron chi connectivity index (χ3n) is 5.25. The second-order valence-corrected chi connectivity index (χ2v) is 8.19. The molecule has 0 spiro atoms. The van der Waals surface area contributed by atoms with Crippen LogP contribution in [-0.4, -0.2) is 21.7 Å². The van der Waals surface area contributed by atoms with Crippen LogP contribution in [0.5, 0.6) is 0 Å². The number of anilines is 1. The molecular formula is C23H22ClN3O2. The number of benzene rings is 1. The van der Waals surface area contributed by atoms with Crippen molar-refractivity contribution in [2.45, 2.75) is 39.2 Å². The Morgan fingerprint density at radius 3 is 2.66 bits per heavy atom. The van der Waals surface area contributed by atoms with Gasteiger partial charge in [0, 0.05) is 23.8 Å². The first-order valence-electron chi connectivity index (χ1n) is 9.81. The Kier molecular flexibility index (Phi) is 5.33. The normalized spacial score (nSPS) is 15.9. The van der Waals surface area contributed by atoms with E-state index < -0.39 is 0 Å². The zero-order valence-electron chi connectivity index (χ0n) is 16.4. The predicted octanol–water partition coefficient (Wildman–Crippen LogP) is 5.38. The highest BCUT2D eigenvalue weighted by Crippen LogP contribution is 2.39. The Bertz CT molecular complexity index is 1100. The average Bonchev–Trinajstić information content (AvgIpc) is 2.98. The molecule has 0 radical (unpaired) electrons. The zero-order valence-corrected chi connectivity index (χ0v) is 17.2. The third kappa shape index (κ3) is 3.87. The largest absolute Gasteiger partial charge is 0.300 e. The number of halogens is 1. The number of hydrogen-bond acceptors (Lipinski definition) is 4. The topological polar surface area (TPSA) is 63.2 Å². The highest BCUT2D eigenvalue weighted by Gasteiger charge is 2.39. The monoisotopic (exact) mass is 407 g/mol. The van der Waals surface area contributed by atoms with Crippen molar-refractivity contribution in [1.29, 1.82) is 0 Å². The number of ketones is 1. The molecule has 0 unspecified atom stereocenters. The van der Waals surface area contributed by atoms with E-state index >= 15 is 0 Å². The average molecular weight is 408 g/mol. The first-order chi connectivity index (χ1) is 13.9. The molecule has 1 amide bonds. The van der Waals surface area contributed by atoms with Gasteiger partial charge >= 0.3 is 0 Å². The molecule has 1 aromatic carbocycles.